The highest BCUT2D eigenvalue weighted by Gasteiger charge is 1.93. The molecule has 0 aliphatic rings. The maximum absolute atomic E-state index is 5.24. The maximum atomic E-state index is 5.24. The van der Waals surface area contributed by atoms with Crippen molar-refractivity contribution in [3.8, 4) is 0 Å². The standard InChI is InChI=1S/C5H11NS2/c1-4(2)3-8-5(6)7/h4H,3H2,1-2H3,(H2,6,7). The Kier molecular flexibility index (Phi) is 4.28. The third kappa shape index (κ3) is 6.24. The van der Waals surface area contributed by atoms with Crippen molar-refractivity contribution in [3.63, 3.8) is 0 Å². The molecule has 0 bridgehead atoms. The molecular formula is C5H11NS2. The fraction of sp³-hybridized carbons (Fsp3) is 0.800. The zero-order valence-electron chi connectivity index (χ0n) is 5.18. The lowest BCUT2D eigenvalue weighted by atomic mass is 10.3. The Labute approximate surface area is 60.0 Å². The average Bonchev–Trinajstić information content (AvgIpc) is 1.61. The summed E-state index contributed by atoms with van der Waals surface area (Å²) in [6.07, 6.45) is 0. The Bertz CT molecular complexity index is 80.5. The molecule has 0 fully saturated rings. The highest BCUT2D eigenvalue weighted by atomic mass is 32.2. The molecule has 0 saturated carbocycles. The molecule has 0 aromatic rings. The van der Waals surface area contributed by atoms with Gasteiger partial charge in [0.25, 0.3) is 0 Å². The summed E-state index contributed by atoms with van der Waals surface area (Å²) in [4.78, 5) is 0. The largest absolute Gasteiger partial charge is 0.385 e. The van der Waals surface area contributed by atoms with Gasteiger partial charge in [-0.05, 0) is 5.92 Å². The van der Waals surface area contributed by atoms with Crippen molar-refractivity contribution in [1.29, 1.82) is 0 Å². The van der Waals surface area contributed by atoms with E-state index in [1.54, 1.807) is 11.8 Å². The van der Waals surface area contributed by atoms with E-state index in [0.29, 0.717) is 10.2 Å². The molecule has 2 N–H and O–H groups in total. The van der Waals surface area contributed by atoms with Gasteiger partial charge >= 0.3 is 0 Å². The van der Waals surface area contributed by atoms with Crippen LogP contribution in [0.3, 0.4) is 0 Å². The van der Waals surface area contributed by atoms with Gasteiger partial charge in [-0.25, -0.2) is 0 Å². The van der Waals surface area contributed by atoms with Gasteiger partial charge in [0.05, 0.1) is 0 Å². The summed E-state index contributed by atoms with van der Waals surface area (Å²) in [6.45, 7) is 4.29. The van der Waals surface area contributed by atoms with Crippen LogP contribution >= 0.6 is 24.0 Å². The van der Waals surface area contributed by atoms with Crippen molar-refractivity contribution in [2.24, 2.45) is 11.7 Å². The first kappa shape index (κ1) is 8.24. The van der Waals surface area contributed by atoms with Gasteiger partial charge in [0.1, 0.15) is 4.32 Å². The molecule has 0 aliphatic carbocycles. The molecule has 0 amide bonds. The van der Waals surface area contributed by atoms with E-state index in [2.05, 4.69) is 26.1 Å². The van der Waals surface area contributed by atoms with Crippen LogP contribution < -0.4 is 5.73 Å². The monoisotopic (exact) mass is 149 g/mol. The van der Waals surface area contributed by atoms with Gasteiger partial charge in [0, 0.05) is 5.75 Å². The van der Waals surface area contributed by atoms with Crippen LogP contribution in [0.1, 0.15) is 13.8 Å². The second-order valence-corrected chi connectivity index (χ2v) is 3.78. The Hall–Kier alpha value is 0.240. The molecule has 0 atom stereocenters. The topological polar surface area (TPSA) is 26.0 Å². The summed E-state index contributed by atoms with van der Waals surface area (Å²) in [7, 11) is 0. The molecule has 1 nitrogen and oxygen atoms in total. The zero-order chi connectivity index (χ0) is 6.57. The van der Waals surface area contributed by atoms with E-state index in [9.17, 15) is 0 Å². The van der Waals surface area contributed by atoms with Gasteiger partial charge in [0.2, 0.25) is 0 Å². The molecule has 0 rings (SSSR count). The fourth-order valence-corrected chi connectivity index (χ4v) is 0.951. The van der Waals surface area contributed by atoms with Crippen LogP contribution in [0.4, 0.5) is 0 Å². The van der Waals surface area contributed by atoms with E-state index in [1.807, 2.05) is 0 Å². The minimum absolute atomic E-state index is 0.554. The molecule has 8 heavy (non-hydrogen) atoms. The smallest absolute Gasteiger partial charge is 0.131 e. The van der Waals surface area contributed by atoms with Crippen LogP contribution in [0.2, 0.25) is 0 Å². The third-order valence-corrected chi connectivity index (χ3v) is 2.03. The Morgan fingerprint density at radius 1 is 1.75 bits per heavy atom. The Morgan fingerprint density at radius 2 is 2.25 bits per heavy atom. The van der Waals surface area contributed by atoms with Crippen LogP contribution in [0, 0.1) is 5.92 Å². The molecule has 0 spiro atoms. The number of hydrogen-bond acceptors (Lipinski definition) is 2. The van der Waals surface area contributed by atoms with Crippen LogP contribution in [0.25, 0.3) is 0 Å². The van der Waals surface area contributed by atoms with Crippen molar-refractivity contribution >= 4 is 28.3 Å². The minimum Gasteiger partial charge on any atom is -0.385 e. The Balaban J connectivity index is 3.05. The molecule has 3 heteroatoms. The van der Waals surface area contributed by atoms with Crippen molar-refractivity contribution < 1.29 is 0 Å². The van der Waals surface area contributed by atoms with Crippen LogP contribution in [0.5, 0.6) is 0 Å². The van der Waals surface area contributed by atoms with Crippen molar-refractivity contribution in [1.82, 2.24) is 0 Å². The number of thiocarbonyl (C=S) groups is 1. The number of rotatable bonds is 2. The highest BCUT2D eigenvalue weighted by Crippen LogP contribution is 2.05. The summed E-state index contributed by atoms with van der Waals surface area (Å²) in [5, 5.41) is 0. The number of hydrogen-bond donors (Lipinski definition) is 1. The molecule has 0 heterocycles. The molecule has 0 radical (unpaired) electrons. The van der Waals surface area contributed by atoms with E-state index in [4.69, 9.17) is 5.73 Å². The van der Waals surface area contributed by atoms with E-state index in [-0.39, 0.29) is 0 Å². The number of thioether (sulfide) groups is 1. The van der Waals surface area contributed by atoms with Gasteiger partial charge < -0.3 is 5.73 Å². The summed E-state index contributed by atoms with van der Waals surface area (Å²) >= 11 is 6.20. The quantitative estimate of drug-likeness (QED) is 0.604. The van der Waals surface area contributed by atoms with Gasteiger partial charge in [0.15, 0.2) is 0 Å². The zero-order valence-corrected chi connectivity index (χ0v) is 6.81. The SMILES string of the molecule is CC(C)CSC(N)=S. The van der Waals surface area contributed by atoms with Crippen LogP contribution in [-0.2, 0) is 0 Å². The first-order valence-corrected chi connectivity index (χ1v) is 3.94. The lowest BCUT2D eigenvalue weighted by molar-refractivity contribution is 0.752. The van der Waals surface area contributed by atoms with Gasteiger partial charge in [-0.15, -0.1) is 0 Å². The highest BCUT2D eigenvalue weighted by molar-refractivity contribution is 8.22. The summed E-state index contributed by atoms with van der Waals surface area (Å²) < 4.78 is 0.554. The van der Waals surface area contributed by atoms with E-state index < -0.39 is 0 Å². The third-order valence-electron chi connectivity index (χ3n) is 0.559. The Morgan fingerprint density at radius 3 is 2.38 bits per heavy atom. The molecule has 48 valence electrons. The molecular weight excluding hydrogens is 138 g/mol. The summed E-state index contributed by atoms with van der Waals surface area (Å²) in [5.41, 5.74) is 5.24. The van der Waals surface area contributed by atoms with Crippen LogP contribution in [0.15, 0.2) is 0 Å². The first-order valence-electron chi connectivity index (χ1n) is 2.55. The lowest BCUT2D eigenvalue weighted by Gasteiger charge is -1.99. The summed E-state index contributed by atoms with van der Waals surface area (Å²) in [6, 6.07) is 0. The molecule has 0 aliphatic heterocycles. The molecule has 0 aromatic heterocycles. The predicted octanol–water partition coefficient (Wildman–Crippen LogP) is 1.62. The lowest BCUT2D eigenvalue weighted by Crippen LogP contribution is -2.04. The van der Waals surface area contributed by atoms with Crippen molar-refractivity contribution in [2.75, 3.05) is 5.75 Å². The van der Waals surface area contributed by atoms with Gasteiger partial charge in [-0.1, -0.05) is 37.8 Å². The first-order chi connectivity index (χ1) is 3.63. The van der Waals surface area contributed by atoms with Crippen molar-refractivity contribution in [2.45, 2.75) is 13.8 Å². The van der Waals surface area contributed by atoms with Crippen LogP contribution in [-0.4, -0.2) is 10.1 Å². The second kappa shape index (κ2) is 4.15. The average molecular weight is 149 g/mol. The molecule has 0 aromatic carbocycles. The summed E-state index contributed by atoms with van der Waals surface area (Å²) in [5.74, 6) is 1.72. The maximum Gasteiger partial charge on any atom is 0.131 e. The minimum atomic E-state index is 0.554. The fourth-order valence-electron chi connectivity index (χ4n) is 0.249. The van der Waals surface area contributed by atoms with E-state index in [0.717, 1.165) is 5.75 Å². The van der Waals surface area contributed by atoms with Gasteiger partial charge in [-0.2, -0.15) is 0 Å². The second-order valence-electron chi connectivity index (χ2n) is 2.02. The van der Waals surface area contributed by atoms with E-state index in [1.165, 1.54) is 0 Å². The van der Waals surface area contributed by atoms with Crippen molar-refractivity contribution in [3.05, 3.63) is 0 Å². The van der Waals surface area contributed by atoms with E-state index >= 15 is 0 Å². The molecule has 0 unspecified atom stereocenters. The molecule has 0 saturated heterocycles. The number of nitrogens with two attached hydrogens (primary N) is 1. The van der Waals surface area contributed by atoms with Gasteiger partial charge in [-0.3, -0.25) is 0 Å². The normalized spacial score (nSPS) is 9.88. The predicted molar refractivity (Wildman–Crippen MR) is 44.1 cm³/mol.